The Bertz CT molecular complexity index is 1930. The first-order valence-electron chi connectivity index (χ1n) is 16.4. The molecule has 3 N–H and O–H groups in total. The van der Waals surface area contributed by atoms with Gasteiger partial charge in [0.15, 0.2) is 0 Å². The van der Waals surface area contributed by atoms with Crippen LogP contribution in [-0.2, 0) is 0 Å². The SMILES string of the molecule is CC(C)c1cccc(-c2ccccc2)c1N.CC(C)c1cccc(-c2ccccc2)c1NC(=O)c1ccccc1.O=C(Cl)c1ccccc1. The predicted molar refractivity (Wildman–Crippen MR) is 207 cm³/mol. The Morgan fingerprint density at radius 3 is 1.37 bits per heavy atom. The van der Waals surface area contributed by atoms with Gasteiger partial charge in [-0.1, -0.05) is 173 Å². The molecule has 0 saturated heterocycles. The van der Waals surface area contributed by atoms with Crippen molar-refractivity contribution in [1.29, 1.82) is 0 Å². The fraction of sp³-hybridized carbons (Fsp3) is 0.136. The van der Waals surface area contributed by atoms with Gasteiger partial charge >= 0.3 is 0 Å². The summed E-state index contributed by atoms with van der Waals surface area (Å²) in [6.07, 6.45) is 0. The lowest BCUT2D eigenvalue weighted by Crippen LogP contribution is -2.14. The number of halogens is 1. The fourth-order valence-corrected chi connectivity index (χ4v) is 5.48. The molecule has 0 aromatic heterocycles. The molecule has 4 nitrogen and oxygen atoms in total. The average Bonchev–Trinajstić information content (AvgIpc) is 3.13. The van der Waals surface area contributed by atoms with Crippen LogP contribution >= 0.6 is 11.6 Å². The highest BCUT2D eigenvalue weighted by molar-refractivity contribution is 6.67. The van der Waals surface area contributed by atoms with Crippen molar-refractivity contribution in [3.05, 3.63) is 180 Å². The molecular weight excluding hydrogens is 624 g/mol. The summed E-state index contributed by atoms with van der Waals surface area (Å²) in [7, 11) is 0. The van der Waals surface area contributed by atoms with Gasteiger partial charge in [0, 0.05) is 27.9 Å². The van der Waals surface area contributed by atoms with Crippen LogP contribution in [0.1, 0.15) is 71.4 Å². The first-order chi connectivity index (χ1) is 23.7. The van der Waals surface area contributed by atoms with Crippen LogP contribution in [0.2, 0.25) is 0 Å². The van der Waals surface area contributed by atoms with E-state index in [1.54, 1.807) is 24.3 Å². The van der Waals surface area contributed by atoms with Gasteiger partial charge in [0.2, 0.25) is 0 Å². The van der Waals surface area contributed by atoms with Gasteiger partial charge in [0.25, 0.3) is 11.1 Å². The Hall–Kier alpha value is -5.45. The van der Waals surface area contributed by atoms with Crippen LogP contribution < -0.4 is 11.1 Å². The number of nitrogens with one attached hydrogen (secondary N) is 1. The second-order valence-corrected chi connectivity index (χ2v) is 12.4. The molecule has 0 aliphatic carbocycles. The normalized spacial score (nSPS) is 10.3. The van der Waals surface area contributed by atoms with Gasteiger partial charge < -0.3 is 11.1 Å². The second kappa shape index (κ2) is 18.2. The third kappa shape index (κ3) is 10.3. The lowest BCUT2D eigenvalue weighted by Gasteiger charge is -2.18. The fourth-order valence-electron chi connectivity index (χ4n) is 5.35. The zero-order valence-corrected chi connectivity index (χ0v) is 29.2. The average molecular weight is 667 g/mol. The van der Waals surface area contributed by atoms with E-state index in [-0.39, 0.29) is 5.91 Å². The van der Waals surface area contributed by atoms with Crippen molar-refractivity contribution >= 4 is 34.1 Å². The van der Waals surface area contributed by atoms with Crippen LogP contribution in [0.5, 0.6) is 0 Å². The molecular formula is C44H43ClN2O2. The summed E-state index contributed by atoms with van der Waals surface area (Å²) >= 11 is 5.16. The molecule has 248 valence electrons. The summed E-state index contributed by atoms with van der Waals surface area (Å²) in [6.45, 7) is 8.62. The van der Waals surface area contributed by atoms with Gasteiger partial charge in [0.05, 0.1) is 5.69 Å². The van der Waals surface area contributed by atoms with Crippen LogP contribution in [0, 0.1) is 0 Å². The van der Waals surface area contributed by atoms with Crippen LogP contribution in [0.4, 0.5) is 11.4 Å². The van der Waals surface area contributed by atoms with Gasteiger partial charge in [0.1, 0.15) is 0 Å². The number of nitrogens with two attached hydrogens (primary N) is 1. The number of para-hydroxylation sites is 2. The van der Waals surface area contributed by atoms with E-state index in [0.717, 1.165) is 33.6 Å². The van der Waals surface area contributed by atoms with E-state index < -0.39 is 5.24 Å². The molecule has 0 saturated carbocycles. The van der Waals surface area contributed by atoms with Gasteiger partial charge in [-0.3, -0.25) is 9.59 Å². The van der Waals surface area contributed by atoms with Crippen molar-refractivity contribution in [3.8, 4) is 22.3 Å². The van der Waals surface area contributed by atoms with E-state index in [2.05, 4.69) is 93.7 Å². The van der Waals surface area contributed by atoms with E-state index in [1.807, 2.05) is 72.8 Å². The number of hydrogen-bond acceptors (Lipinski definition) is 3. The molecule has 0 aliphatic heterocycles. The molecule has 0 spiro atoms. The van der Waals surface area contributed by atoms with E-state index >= 15 is 0 Å². The molecule has 6 rings (SSSR count). The largest absolute Gasteiger partial charge is 0.398 e. The topological polar surface area (TPSA) is 72.2 Å². The van der Waals surface area contributed by atoms with E-state index in [9.17, 15) is 9.59 Å². The molecule has 6 aromatic rings. The maximum Gasteiger partial charge on any atom is 0.255 e. The zero-order valence-electron chi connectivity index (χ0n) is 28.4. The Morgan fingerprint density at radius 1 is 0.510 bits per heavy atom. The van der Waals surface area contributed by atoms with E-state index in [0.29, 0.717) is 23.0 Å². The standard InChI is InChI=1S/C22H21NO.C15H17N.C7H5ClO/c1-16(2)19-14-9-15-20(17-10-5-3-6-11-17)21(19)23-22(24)18-12-7-4-8-13-18;1-11(2)13-9-6-10-14(15(13)16)12-7-4-3-5-8-12;8-7(9)6-4-2-1-3-5-6/h3-16H,1-2H3,(H,23,24);3-11H,16H2,1-2H3;1-5H. The minimum atomic E-state index is -0.407. The smallest absolute Gasteiger partial charge is 0.255 e. The quantitative estimate of drug-likeness (QED) is 0.131. The molecule has 0 aliphatic rings. The molecule has 1 amide bonds. The number of hydrogen-bond donors (Lipinski definition) is 2. The van der Waals surface area contributed by atoms with Crippen molar-refractivity contribution in [3.63, 3.8) is 0 Å². The predicted octanol–water partition coefficient (Wildman–Crippen LogP) is 11.9. The van der Waals surface area contributed by atoms with Gasteiger partial charge in [-0.2, -0.15) is 0 Å². The summed E-state index contributed by atoms with van der Waals surface area (Å²) in [6, 6.07) is 51.0. The number of carbonyl (C=O) groups excluding carboxylic acids is 2. The highest BCUT2D eigenvalue weighted by Crippen LogP contribution is 2.35. The van der Waals surface area contributed by atoms with Gasteiger partial charge in [-0.05, 0) is 57.8 Å². The van der Waals surface area contributed by atoms with E-state index in [4.69, 9.17) is 17.3 Å². The number of anilines is 2. The second-order valence-electron chi connectivity index (χ2n) is 12.1. The maximum atomic E-state index is 12.7. The molecule has 0 unspecified atom stereocenters. The number of benzene rings is 6. The lowest BCUT2D eigenvalue weighted by atomic mass is 9.94. The van der Waals surface area contributed by atoms with Crippen LogP contribution in [0.3, 0.4) is 0 Å². The molecule has 0 atom stereocenters. The number of rotatable bonds is 7. The molecule has 0 radical (unpaired) electrons. The highest BCUT2D eigenvalue weighted by atomic mass is 35.5. The Kier molecular flexibility index (Phi) is 13.5. The van der Waals surface area contributed by atoms with Crippen molar-refractivity contribution in [2.24, 2.45) is 0 Å². The summed E-state index contributed by atoms with van der Waals surface area (Å²) < 4.78 is 0. The minimum absolute atomic E-state index is 0.0825. The van der Waals surface area contributed by atoms with Crippen molar-refractivity contribution in [1.82, 2.24) is 0 Å². The Balaban J connectivity index is 0.000000185. The monoisotopic (exact) mass is 666 g/mol. The summed E-state index contributed by atoms with van der Waals surface area (Å²) in [4.78, 5) is 23.1. The number of carbonyl (C=O) groups is 2. The van der Waals surface area contributed by atoms with Crippen LogP contribution in [0.15, 0.2) is 158 Å². The zero-order chi connectivity index (χ0) is 35.2. The number of nitrogen functional groups attached to an aromatic ring is 1. The first kappa shape index (κ1) is 36.4. The Labute approximate surface area is 295 Å². The first-order valence-corrected chi connectivity index (χ1v) is 16.8. The van der Waals surface area contributed by atoms with Crippen LogP contribution in [0.25, 0.3) is 22.3 Å². The molecule has 0 heterocycles. The van der Waals surface area contributed by atoms with Crippen molar-refractivity contribution in [2.45, 2.75) is 39.5 Å². The number of amides is 1. The van der Waals surface area contributed by atoms with Crippen molar-refractivity contribution in [2.75, 3.05) is 11.1 Å². The summed E-state index contributed by atoms with van der Waals surface area (Å²) in [5.74, 6) is 0.698. The maximum absolute atomic E-state index is 12.7. The minimum Gasteiger partial charge on any atom is -0.398 e. The molecule has 5 heteroatoms. The molecule has 49 heavy (non-hydrogen) atoms. The third-order valence-electron chi connectivity index (χ3n) is 7.93. The van der Waals surface area contributed by atoms with Crippen molar-refractivity contribution < 1.29 is 9.59 Å². The highest BCUT2D eigenvalue weighted by Gasteiger charge is 2.16. The van der Waals surface area contributed by atoms with Crippen LogP contribution in [-0.4, -0.2) is 11.1 Å². The van der Waals surface area contributed by atoms with Gasteiger partial charge in [-0.25, -0.2) is 0 Å². The summed E-state index contributed by atoms with van der Waals surface area (Å²) in [5, 5.41) is 2.73. The molecule has 0 fully saturated rings. The third-order valence-corrected chi connectivity index (χ3v) is 8.14. The van der Waals surface area contributed by atoms with E-state index in [1.165, 1.54) is 11.1 Å². The molecule has 6 aromatic carbocycles. The molecule has 0 bridgehead atoms. The Morgan fingerprint density at radius 2 is 0.918 bits per heavy atom. The summed E-state index contributed by atoms with van der Waals surface area (Å²) in [5.41, 5.74) is 16.0. The lowest BCUT2D eigenvalue weighted by molar-refractivity contribution is 0.102. The van der Waals surface area contributed by atoms with Gasteiger partial charge in [-0.15, -0.1) is 0 Å².